The highest BCUT2D eigenvalue weighted by Crippen LogP contribution is 2.14. The van der Waals surface area contributed by atoms with Crippen LogP contribution in [0, 0.1) is 0 Å². The van der Waals surface area contributed by atoms with Crippen LogP contribution in [0.1, 0.15) is 12.8 Å². The lowest BCUT2D eigenvalue weighted by Gasteiger charge is -2.32. The highest BCUT2D eigenvalue weighted by molar-refractivity contribution is 5.73. The van der Waals surface area contributed by atoms with E-state index in [2.05, 4.69) is 25.5 Å². The van der Waals surface area contributed by atoms with Gasteiger partial charge in [-0.25, -0.2) is 14.8 Å². The highest BCUT2D eigenvalue weighted by atomic mass is 16.2. The van der Waals surface area contributed by atoms with E-state index in [1.54, 1.807) is 25.5 Å². The van der Waals surface area contributed by atoms with Gasteiger partial charge in [-0.05, 0) is 18.9 Å². The average molecular weight is 235 g/mol. The number of piperidine rings is 1. The SMILES string of the molecule is CNC(=O)NC1CCCN(c2ncccn2)C1. The fraction of sp³-hybridized carbons (Fsp3) is 0.545. The van der Waals surface area contributed by atoms with Crippen LogP contribution in [-0.4, -0.2) is 42.2 Å². The Hall–Kier alpha value is -1.85. The molecule has 1 saturated heterocycles. The molecule has 2 N–H and O–H groups in total. The zero-order valence-electron chi connectivity index (χ0n) is 9.89. The van der Waals surface area contributed by atoms with E-state index in [9.17, 15) is 4.79 Å². The molecule has 1 aliphatic heterocycles. The summed E-state index contributed by atoms with van der Waals surface area (Å²) in [5, 5.41) is 5.49. The van der Waals surface area contributed by atoms with Gasteiger partial charge in [0.25, 0.3) is 0 Å². The molecule has 1 aliphatic rings. The Morgan fingerprint density at radius 3 is 2.94 bits per heavy atom. The first kappa shape index (κ1) is 11.6. The van der Waals surface area contributed by atoms with Gasteiger partial charge in [-0.1, -0.05) is 0 Å². The fourth-order valence-corrected chi connectivity index (χ4v) is 1.99. The minimum absolute atomic E-state index is 0.133. The molecule has 1 fully saturated rings. The number of urea groups is 1. The Bertz CT molecular complexity index is 369. The van der Waals surface area contributed by atoms with E-state index < -0.39 is 0 Å². The van der Waals surface area contributed by atoms with E-state index >= 15 is 0 Å². The van der Waals surface area contributed by atoms with Crippen molar-refractivity contribution in [2.75, 3.05) is 25.0 Å². The molecular formula is C11H17N5O. The third kappa shape index (κ3) is 3.05. The Morgan fingerprint density at radius 1 is 1.47 bits per heavy atom. The van der Waals surface area contributed by atoms with Crippen LogP contribution >= 0.6 is 0 Å². The Balaban J connectivity index is 1.95. The van der Waals surface area contributed by atoms with Gasteiger partial charge in [-0.2, -0.15) is 0 Å². The summed E-state index contributed by atoms with van der Waals surface area (Å²) in [6.45, 7) is 1.70. The van der Waals surface area contributed by atoms with Crippen LogP contribution in [0.4, 0.5) is 10.7 Å². The van der Waals surface area contributed by atoms with Gasteiger partial charge >= 0.3 is 6.03 Å². The van der Waals surface area contributed by atoms with Crippen molar-refractivity contribution in [1.29, 1.82) is 0 Å². The average Bonchev–Trinajstić information content (AvgIpc) is 2.40. The number of hydrogen-bond acceptors (Lipinski definition) is 4. The summed E-state index contributed by atoms with van der Waals surface area (Å²) in [5.41, 5.74) is 0. The van der Waals surface area contributed by atoms with Crippen molar-refractivity contribution in [2.24, 2.45) is 0 Å². The molecule has 2 amide bonds. The number of amides is 2. The van der Waals surface area contributed by atoms with Crippen LogP contribution < -0.4 is 15.5 Å². The maximum Gasteiger partial charge on any atom is 0.314 e. The zero-order chi connectivity index (χ0) is 12.1. The van der Waals surface area contributed by atoms with Crippen LogP contribution in [-0.2, 0) is 0 Å². The van der Waals surface area contributed by atoms with Crippen LogP contribution in [0.25, 0.3) is 0 Å². The van der Waals surface area contributed by atoms with E-state index in [4.69, 9.17) is 0 Å². The molecule has 92 valence electrons. The number of carbonyl (C=O) groups is 1. The quantitative estimate of drug-likeness (QED) is 0.777. The Kier molecular flexibility index (Phi) is 3.74. The van der Waals surface area contributed by atoms with Gasteiger partial charge in [0.2, 0.25) is 5.95 Å². The summed E-state index contributed by atoms with van der Waals surface area (Å²) >= 11 is 0. The van der Waals surface area contributed by atoms with E-state index in [1.807, 2.05) is 0 Å². The van der Waals surface area contributed by atoms with Crippen LogP contribution in [0.5, 0.6) is 0 Å². The normalized spacial score (nSPS) is 19.8. The number of nitrogens with one attached hydrogen (secondary N) is 2. The fourth-order valence-electron chi connectivity index (χ4n) is 1.99. The Labute approximate surface area is 100 Å². The number of carbonyl (C=O) groups excluding carboxylic acids is 1. The van der Waals surface area contributed by atoms with Crippen molar-refractivity contribution < 1.29 is 4.79 Å². The lowest BCUT2D eigenvalue weighted by atomic mass is 10.1. The molecule has 6 heteroatoms. The summed E-state index contributed by atoms with van der Waals surface area (Å²) in [7, 11) is 1.62. The number of anilines is 1. The molecule has 2 heterocycles. The van der Waals surface area contributed by atoms with Gasteiger partial charge in [-0.15, -0.1) is 0 Å². The number of nitrogens with zero attached hydrogens (tertiary/aromatic N) is 3. The molecule has 0 aromatic carbocycles. The first-order chi connectivity index (χ1) is 8.29. The summed E-state index contributed by atoms with van der Waals surface area (Å²) in [6, 6.07) is 1.83. The van der Waals surface area contributed by atoms with Gasteiger partial charge in [0.1, 0.15) is 0 Å². The predicted octanol–water partition coefficient (Wildman–Crippen LogP) is 0.374. The third-order valence-corrected chi connectivity index (χ3v) is 2.82. The van der Waals surface area contributed by atoms with Gasteiger partial charge in [0.15, 0.2) is 0 Å². The number of aromatic nitrogens is 2. The lowest BCUT2D eigenvalue weighted by molar-refractivity contribution is 0.237. The number of hydrogen-bond donors (Lipinski definition) is 2. The maximum absolute atomic E-state index is 11.3. The highest BCUT2D eigenvalue weighted by Gasteiger charge is 2.22. The molecule has 1 aromatic rings. The molecule has 0 radical (unpaired) electrons. The van der Waals surface area contributed by atoms with Gasteiger partial charge in [0.05, 0.1) is 0 Å². The van der Waals surface area contributed by atoms with Crippen molar-refractivity contribution in [3.05, 3.63) is 18.5 Å². The van der Waals surface area contributed by atoms with Crippen molar-refractivity contribution in [3.8, 4) is 0 Å². The maximum atomic E-state index is 11.3. The molecule has 6 nitrogen and oxygen atoms in total. The van der Waals surface area contributed by atoms with E-state index in [0.29, 0.717) is 0 Å². The molecule has 1 atom stereocenters. The van der Waals surface area contributed by atoms with Gasteiger partial charge in [0, 0.05) is 38.6 Å². The molecule has 0 saturated carbocycles. The molecule has 0 aliphatic carbocycles. The van der Waals surface area contributed by atoms with E-state index in [-0.39, 0.29) is 12.1 Å². The van der Waals surface area contributed by atoms with E-state index in [0.717, 1.165) is 31.9 Å². The summed E-state index contributed by atoms with van der Waals surface area (Å²) in [4.78, 5) is 21.8. The topological polar surface area (TPSA) is 70.2 Å². The van der Waals surface area contributed by atoms with Crippen LogP contribution in [0.2, 0.25) is 0 Å². The second-order valence-corrected chi connectivity index (χ2v) is 4.06. The minimum atomic E-state index is -0.133. The van der Waals surface area contributed by atoms with E-state index in [1.165, 1.54) is 0 Å². The molecule has 2 rings (SSSR count). The molecular weight excluding hydrogens is 218 g/mol. The molecule has 17 heavy (non-hydrogen) atoms. The first-order valence-corrected chi connectivity index (χ1v) is 5.80. The zero-order valence-corrected chi connectivity index (χ0v) is 9.89. The molecule has 0 spiro atoms. The first-order valence-electron chi connectivity index (χ1n) is 5.80. The predicted molar refractivity (Wildman–Crippen MR) is 64.9 cm³/mol. The second kappa shape index (κ2) is 5.47. The monoisotopic (exact) mass is 235 g/mol. The van der Waals surface area contributed by atoms with Crippen LogP contribution in [0.15, 0.2) is 18.5 Å². The van der Waals surface area contributed by atoms with Crippen molar-refractivity contribution in [3.63, 3.8) is 0 Å². The summed E-state index contributed by atoms with van der Waals surface area (Å²) in [5.74, 6) is 0.732. The standard InChI is InChI=1S/C11H17N5O/c1-12-11(17)15-9-4-2-7-16(8-9)10-13-5-3-6-14-10/h3,5-6,9H,2,4,7-8H2,1H3,(H2,12,15,17). The molecule has 1 aromatic heterocycles. The smallest absolute Gasteiger partial charge is 0.314 e. The summed E-state index contributed by atoms with van der Waals surface area (Å²) in [6.07, 6.45) is 5.50. The van der Waals surface area contributed by atoms with Gasteiger partial charge in [-0.3, -0.25) is 0 Å². The van der Waals surface area contributed by atoms with Crippen molar-refractivity contribution in [2.45, 2.75) is 18.9 Å². The van der Waals surface area contributed by atoms with Crippen molar-refractivity contribution >= 4 is 12.0 Å². The molecule has 0 bridgehead atoms. The minimum Gasteiger partial charge on any atom is -0.341 e. The summed E-state index contributed by atoms with van der Waals surface area (Å²) < 4.78 is 0. The Morgan fingerprint density at radius 2 is 2.24 bits per heavy atom. The second-order valence-electron chi connectivity index (χ2n) is 4.06. The van der Waals surface area contributed by atoms with Crippen molar-refractivity contribution in [1.82, 2.24) is 20.6 Å². The number of rotatable bonds is 2. The largest absolute Gasteiger partial charge is 0.341 e. The molecule has 1 unspecified atom stereocenters. The lowest BCUT2D eigenvalue weighted by Crippen LogP contribution is -2.50. The van der Waals surface area contributed by atoms with Crippen LogP contribution in [0.3, 0.4) is 0 Å². The third-order valence-electron chi connectivity index (χ3n) is 2.82. The van der Waals surface area contributed by atoms with Gasteiger partial charge < -0.3 is 15.5 Å².